The number of amides is 1. The van der Waals surface area contributed by atoms with E-state index in [1.54, 1.807) is 38.2 Å². The van der Waals surface area contributed by atoms with Crippen LogP contribution in [-0.2, 0) is 11.3 Å². The van der Waals surface area contributed by atoms with Crippen LogP contribution in [0.3, 0.4) is 0 Å². The number of rotatable bonds is 6. The predicted octanol–water partition coefficient (Wildman–Crippen LogP) is 1.45. The van der Waals surface area contributed by atoms with E-state index in [0.29, 0.717) is 24.7 Å². The number of carbonyl (C=O) groups excluding carboxylic acids is 1. The molecule has 1 atom stereocenters. The first-order valence-electron chi connectivity index (χ1n) is 6.80. The summed E-state index contributed by atoms with van der Waals surface area (Å²) in [6, 6.07) is 7.46. The summed E-state index contributed by atoms with van der Waals surface area (Å²) >= 11 is 0. The minimum atomic E-state index is -0.0142. The van der Waals surface area contributed by atoms with E-state index in [9.17, 15) is 4.79 Å². The number of ether oxygens (including phenoxy) is 1. The van der Waals surface area contributed by atoms with Gasteiger partial charge in [0.05, 0.1) is 13.2 Å². The lowest BCUT2D eigenvalue weighted by atomic mass is 10.1. The van der Waals surface area contributed by atoms with Gasteiger partial charge in [0.15, 0.2) is 5.96 Å². The largest absolute Gasteiger partial charge is 0.383 e. The summed E-state index contributed by atoms with van der Waals surface area (Å²) in [5.41, 5.74) is 7.45. The summed E-state index contributed by atoms with van der Waals surface area (Å²) in [5, 5.41) is 3.04. The number of guanidine groups is 1. The van der Waals surface area contributed by atoms with Gasteiger partial charge in [-0.1, -0.05) is 12.1 Å². The third-order valence-electron chi connectivity index (χ3n) is 2.85. The second-order valence-electron chi connectivity index (χ2n) is 5.10. The lowest BCUT2D eigenvalue weighted by Gasteiger charge is -2.13. The molecule has 0 aliphatic carbocycles. The molecule has 7 heteroatoms. The number of aliphatic imine (C=N–C) groups is 1. The third kappa shape index (κ3) is 7.08. The Balaban J connectivity index is 0.00000441. The Morgan fingerprint density at radius 1 is 1.36 bits per heavy atom. The molecule has 0 fully saturated rings. The van der Waals surface area contributed by atoms with Crippen molar-refractivity contribution in [2.45, 2.75) is 19.5 Å². The third-order valence-corrected chi connectivity index (χ3v) is 2.85. The molecule has 0 heterocycles. The van der Waals surface area contributed by atoms with Gasteiger partial charge in [0.25, 0.3) is 5.91 Å². The maximum Gasteiger partial charge on any atom is 0.253 e. The summed E-state index contributed by atoms with van der Waals surface area (Å²) < 4.78 is 5.01. The molecular weight excluding hydrogens is 395 g/mol. The molecule has 0 radical (unpaired) electrons. The zero-order chi connectivity index (χ0) is 15.8. The fraction of sp³-hybridized carbons (Fsp3) is 0.467. The number of carbonyl (C=O) groups is 1. The van der Waals surface area contributed by atoms with Crippen LogP contribution in [0.1, 0.15) is 22.8 Å². The van der Waals surface area contributed by atoms with Crippen LogP contribution >= 0.6 is 24.0 Å². The molecule has 3 N–H and O–H groups in total. The lowest BCUT2D eigenvalue weighted by molar-refractivity contribution is 0.0827. The van der Waals surface area contributed by atoms with E-state index >= 15 is 0 Å². The summed E-state index contributed by atoms with van der Waals surface area (Å²) in [4.78, 5) is 17.6. The second kappa shape index (κ2) is 10.4. The van der Waals surface area contributed by atoms with E-state index in [0.717, 1.165) is 5.56 Å². The molecule has 0 saturated carbocycles. The van der Waals surface area contributed by atoms with Crippen LogP contribution in [-0.4, -0.2) is 50.6 Å². The van der Waals surface area contributed by atoms with Gasteiger partial charge in [0.2, 0.25) is 0 Å². The summed E-state index contributed by atoms with van der Waals surface area (Å²) in [6.07, 6.45) is 0. The molecule has 124 valence electrons. The van der Waals surface area contributed by atoms with Crippen LogP contribution in [0.25, 0.3) is 0 Å². The molecule has 1 unspecified atom stereocenters. The number of methoxy groups -OCH3 is 1. The first kappa shape index (κ1) is 20.6. The molecule has 0 aliphatic heterocycles. The van der Waals surface area contributed by atoms with Crippen LogP contribution < -0.4 is 11.1 Å². The molecule has 6 nitrogen and oxygen atoms in total. The molecule has 22 heavy (non-hydrogen) atoms. The Bertz CT molecular complexity index is 489. The van der Waals surface area contributed by atoms with Gasteiger partial charge >= 0.3 is 0 Å². The zero-order valence-electron chi connectivity index (χ0n) is 13.5. The van der Waals surface area contributed by atoms with Crippen molar-refractivity contribution in [3.8, 4) is 0 Å². The number of hydrogen-bond donors (Lipinski definition) is 2. The highest BCUT2D eigenvalue weighted by Gasteiger charge is 2.07. The fourth-order valence-corrected chi connectivity index (χ4v) is 1.78. The van der Waals surface area contributed by atoms with E-state index < -0.39 is 0 Å². The molecule has 1 rings (SSSR count). The molecule has 0 aliphatic rings. The zero-order valence-corrected chi connectivity index (χ0v) is 15.8. The lowest BCUT2D eigenvalue weighted by Crippen LogP contribution is -2.40. The van der Waals surface area contributed by atoms with E-state index in [1.165, 1.54) is 0 Å². The van der Waals surface area contributed by atoms with Gasteiger partial charge in [-0.2, -0.15) is 0 Å². The van der Waals surface area contributed by atoms with Gasteiger partial charge in [-0.15, -0.1) is 24.0 Å². The maximum absolute atomic E-state index is 11.8. The van der Waals surface area contributed by atoms with E-state index in [2.05, 4.69) is 10.3 Å². The quantitative estimate of drug-likeness (QED) is 0.415. The molecule has 0 aromatic heterocycles. The van der Waals surface area contributed by atoms with Crippen molar-refractivity contribution in [3.63, 3.8) is 0 Å². The normalized spacial score (nSPS) is 12.3. The summed E-state index contributed by atoms with van der Waals surface area (Å²) in [7, 11) is 5.10. The molecule has 1 amide bonds. The first-order valence-corrected chi connectivity index (χ1v) is 6.80. The number of nitrogens with one attached hydrogen (secondary N) is 1. The molecule has 0 spiro atoms. The van der Waals surface area contributed by atoms with E-state index in [4.69, 9.17) is 10.5 Å². The fourth-order valence-electron chi connectivity index (χ4n) is 1.78. The number of benzene rings is 1. The number of halogens is 1. The number of nitrogens with zero attached hydrogens (tertiary/aromatic N) is 2. The average molecular weight is 420 g/mol. The monoisotopic (exact) mass is 420 g/mol. The smallest absolute Gasteiger partial charge is 0.253 e. The minimum absolute atomic E-state index is 0. The van der Waals surface area contributed by atoms with Gasteiger partial charge in [0, 0.05) is 32.8 Å². The van der Waals surface area contributed by atoms with Gasteiger partial charge in [0.1, 0.15) is 0 Å². The molecular formula is C15H25IN4O2. The SMILES string of the molecule is COCC(C)NC(N)=NCc1ccc(C(=O)N(C)C)cc1.I. The summed E-state index contributed by atoms with van der Waals surface area (Å²) in [5.74, 6) is 0.368. The van der Waals surface area contributed by atoms with Crippen molar-refractivity contribution in [2.75, 3.05) is 27.8 Å². The second-order valence-corrected chi connectivity index (χ2v) is 5.10. The number of hydrogen-bond acceptors (Lipinski definition) is 3. The van der Waals surface area contributed by atoms with Gasteiger partial charge in [-0.05, 0) is 24.6 Å². The highest BCUT2D eigenvalue weighted by atomic mass is 127. The van der Waals surface area contributed by atoms with Crippen LogP contribution in [0.15, 0.2) is 29.3 Å². The van der Waals surface area contributed by atoms with Gasteiger partial charge in [-0.3, -0.25) is 4.79 Å². The Morgan fingerprint density at radius 3 is 2.45 bits per heavy atom. The number of nitrogens with two attached hydrogens (primary N) is 1. The highest BCUT2D eigenvalue weighted by molar-refractivity contribution is 14.0. The first-order chi connectivity index (χ1) is 9.93. The standard InChI is InChI=1S/C15H24N4O2.HI/c1-11(10-21-4)18-15(16)17-9-12-5-7-13(8-6-12)14(20)19(2)3;/h5-8,11H,9-10H2,1-4H3,(H3,16,17,18);1H. The van der Waals surface area contributed by atoms with Crippen LogP contribution in [0, 0.1) is 0 Å². The van der Waals surface area contributed by atoms with Crippen LogP contribution in [0.4, 0.5) is 0 Å². The molecule has 0 saturated heterocycles. The van der Waals surface area contributed by atoms with Crippen molar-refractivity contribution in [1.29, 1.82) is 0 Å². The van der Waals surface area contributed by atoms with E-state index in [1.807, 2.05) is 19.1 Å². The Morgan fingerprint density at radius 2 is 1.95 bits per heavy atom. The predicted molar refractivity (Wildman–Crippen MR) is 99.7 cm³/mol. The summed E-state index contributed by atoms with van der Waals surface area (Å²) in [6.45, 7) is 3.00. The van der Waals surface area contributed by atoms with E-state index in [-0.39, 0.29) is 35.9 Å². The Kier molecular flexibility index (Phi) is 9.75. The molecule has 1 aromatic carbocycles. The topological polar surface area (TPSA) is 80.0 Å². The Hall–Kier alpha value is -1.35. The average Bonchev–Trinajstić information content (AvgIpc) is 2.45. The highest BCUT2D eigenvalue weighted by Crippen LogP contribution is 2.07. The Labute approximate surface area is 149 Å². The van der Waals surface area contributed by atoms with Crippen molar-refractivity contribution in [2.24, 2.45) is 10.7 Å². The minimum Gasteiger partial charge on any atom is -0.383 e. The van der Waals surface area contributed by atoms with Crippen LogP contribution in [0.2, 0.25) is 0 Å². The van der Waals surface area contributed by atoms with Crippen molar-refractivity contribution < 1.29 is 9.53 Å². The van der Waals surface area contributed by atoms with Crippen molar-refractivity contribution in [1.82, 2.24) is 10.2 Å². The van der Waals surface area contributed by atoms with Crippen LogP contribution in [0.5, 0.6) is 0 Å². The van der Waals surface area contributed by atoms with Crippen molar-refractivity contribution >= 4 is 35.8 Å². The molecule has 0 bridgehead atoms. The van der Waals surface area contributed by atoms with Gasteiger partial charge in [-0.25, -0.2) is 4.99 Å². The van der Waals surface area contributed by atoms with Crippen molar-refractivity contribution in [3.05, 3.63) is 35.4 Å². The maximum atomic E-state index is 11.8. The van der Waals surface area contributed by atoms with Gasteiger partial charge < -0.3 is 20.7 Å². The molecule has 1 aromatic rings.